The Kier molecular flexibility index (Phi) is 3.99. The molecule has 0 amide bonds. The summed E-state index contributed by atoms with van der Waals surface area (Å²) in [5.41, 5.74) is 5.52. The van der Waals surface area contributed by atoms with Gasteiger partial charge in [-0.05, 0) is 0 Å². The summed E-state index contributed by atoms with van der Waals surface area (Å²) in [7, 11) is 0. The highest BCUT2D eigenvalue weighted by Gasteiger charge is 2.10. The Morgan fingerprint density at radius 2 is 2.17 bits per heavy atom. The standard InChI is InChI=1S/C7H15N3O2/c8-7(9-6-11)5-10-1-3-12-4-2-10/h11H,1-6H2,(H2,8,9). The van der Waals surface area contributed by atoms with Crippen LogP contribution in [0.2, 0.25) is 0 Å². The number of hydrogen-bond acceptors (Lipinski definition) is 4. The maximum Gasteiger partial charge on any atom is 0.136 e. The van der Waals surface area contributed by atoms with Crippen molar-refractivity contribution >= 4 is 5.84 Å². The minimum Gasteiger partial charge on any atom is -0.386 e. The number of amidine groups is 1. The number of aliphatic hydroxyl groups excluding tert-OH is 1. The average Bonchev–Trinajstić information content (AvgIpc) is 2.06. The normalized spacial score (nSPS) is 21.2. The number of morpholine rings is 1. The summed E-state index contributed by atoms with van der Waals surface area (Å²) in [5, 5.41) is 8.46. The summed E-state index contributed by atoms with van der Waals surface area (Å²) < 4.78 is 5.17. The maximum atomic E-state index is 8.46. The number of aliphatic hydroxyl groups is 1. The number of hydrogen-bond donors (Lipinski definition) is 2. The largest absolute Gasteiger partial charge is 0.386 e. The van der Waals surface area contributed by atoms with Crippen LogP contribution in [0.3, 0.4) is 0 Å². The Morgan fingerprint density at radius 1 is 1.50 bits per heavy atom. The Labute approximate surface area is 71.8 Å². The maximum absolute atomic E-state index is 8.46. The minimum absolute atomic E-state index is 0.226. The van der Waals surface area contributed by atoms with E-state index in [0.717, 1.165) is 26.3 Å². The summed E-state index contributed by atoms with van der Waals surface area (Å²) in [4.78, 5) is 5.84. The third-order valence-electron chi connectivity index (χ3n) is 1.76. The van der Waals surface area contributed by atoms with Crippen molar-refractivity contribution in [1.29, 1.82) is 0 Å². The van der Waals surface area contributed by atoms with Crippen LogP contribution in [0.15, 0.2) is 4.99 Å². The molecule has 5 heteroatoms. The van der Waals surface area contributed by atoms with Gasteiger partial charge in [-0.15, -0.1) is 0 Å². The molecule has 0 bridgehead atoms. The molecule has 0 saturated carbocycles. The molecule has 70 valence electrons. The van der Waals surface area contributed by atoms with Crippen molar-refractivity contribution in [2.24, 2.45) is 10.7 Å². The second kappa shape index (κ2) is 5.08. The van der Waals surface area contributed by atoms with E-state index in [1.165, 1.54) is 0 Å². The van der Waals surface area contributed by atoms with Crippen molar-refractivity contribution < 1.29 is 9.84 Å². The molecule has 0 aromatic rings. The van der Waals surface area contributed by atoms with E-state index in [9.17, 15) is 0 Å². The highest BCUT2D eigenvalue weighted by atomic mass is 16.5. The van der Waals surface area contributed by atoms with Crippen LogP contribution in [-0.2, 0) is 4.74 Å². The average molecular weight is 173 g/mol. The molecule has 1 aliphatic heterocycles. The molecule has 1 aliphatic rings. The molecule has 0 aliphatic carbocycles. The van der Waals surface area contributed by atoms with E-state index in [1.54, 1.807) is 0 Å². The molecule has 3 N–H and O–H groups in total. The molecule has 1 rings (SSSR count). The molecular formula is C7H15N3O2. The van der Waals surface area contributed by atoms with Crippen LogP contribution in [0, 0.1) is 0 Å². The zero-order chi connectivity index (χ0) is 8.81. The van der Waals surface area contributed by atoms with Crippen molar-refractivity contribution in [3.05, 3.63) is 0 Å². The van der Waals surface area contributed by atoms with Crippen molar-refractivity contribution in [2.75, 3.05) is 39.6 Å². The van der Waals surface area contributed by atoms with E-state index >= 15 is 0 Å². The first-order valence-corrected chi connectivity index (χ1v) is 4.02. The summed E-state index contributed by atoms with van der Waals surface area (Å²) in [5.74, 6) is 0.486. The van der Waals surface area contributed by atoms with Gasteiger partial charge in [-0.3, -0.25) is 4.90 Å². The molecule has 0 unspecified atom stereocenters. The van der Waals surface area contributed by atoms with Gasteiger partial charge in [-0.1, -0.05) is 0 Å². The molecule has 0 spiro atoms. The predicted molar refractivity (Wildman–Crippen MR) is 46.0 cm³/mol. The van der Waals surface area contributed by atoms with Crippen LogP contribution in [-0.4, -0.2) is 55.4 Å². The summed E-state index contributed by atoms with van der Waals surface area (Å²) in [6, 6.07) is 0. The van der Waals surface area contributed by atoms with Crippen LogP contribution in [0.4, 0.5) is 0 Å². The monoisotopic (exact) mass is 173 g/mol. The van der Waals surface area contributed by atoms with Crippen LogP contribution in [0.5, 0.6) is 0 Å². The van der Waals surface area contributed by atoms with Gasteiger partial charge < -0.3 is 15.6 Å². The zero-order valence-electron chi connectivity index (χ0n) is 7.07. The Balaban J connectivity index is 2.24. The highest BCUT2D eigenvalue weighted by molar-refractivity contribution is 5.82. The van der Waals surface area contributed by atoms with E-state index in [4.69, 9.17) is 15.6 Å². The molecule has 5 nitrogen and oxygen atoms in total. The molecule has 0 radical (unpaired) electrons. The fourth-order valence-electron chi connectivity index (χ4n) is 1.13. The lowest BCUT2D eigenvalue weighted by molar-refractivity contribution is 0.0451. The fourth-order valence-corrected chi connectivity index (χ4v) is 1.13. The Bertz CT molecular complexity index is 155. The molecule has 1 saturated heterocycles. The third kappa shape index (κ3) is 3.17. The number of nitrogens with two attached hydrogens (primary N) is 1. The number of nitrogens with zero attached hydrogens (tertiary/aromatic N) is 2. The van der Waals surface area contributed by atoms with Gasteiger partial charge in [-0.25, -0.2) is 4.99 Å². The smallest absolute Gasteiger partial charge is 0.136 e. The topological polar surface area (TPSA) is 71.1 Å². The lowest BCUT2D eigenvalue weighted by atomic mass is 10.4. The number of rotatable bonds is 3. The summed E-state index contributed by atoms with van der Waals surface area (Å²) in [6.45, 7) is 3.70. The lowest BCUT2D eigenvalue weighted by Crippen LogP contribution is -2.41. The van der Waals surface area contributed by atoms with Crippen LogP contribution in [0.25, 0.3) is 0 Å². The summed E-state index contributed by atoms with van der Waals surface area (Å²) in [6.07, 6.45) is 0. The second-order valence-electron chi connectivity index (χ2n) is 2.68. The van der Waals surface area contributed by atoms with Crippen LogP contribution >= 0.6 is 0 Å². The zero-order valence-corrected chi connectivity index (χ0v) is 7.07. The first-order chi connectivity index (χ1) is 5.83. The Hall–Kier alpha value is -0.650. The van der Waals surface area contributed by atoms with Gasteiger partial charge in [0.15, 0.2) is 0 Å². The molecule has 0 aromatic carbocycles. The van der Waals surface area contributed by atoms with Crippen LogP contribution < -0.4 is 5.73 Å². The molecule has 1 heterocycles. The summed E-state index contributed by atoms with van der Waals surface area (Å²) >= 11 is 0. The molecule has 1 fully saturated rings. The molecule has 0 aromatic heterocycles. The fraction of sp³-hybridized carbons (Fsp3) is 0.857. The van der Waals surface area contributed by atoms with Gasteiger partial charge >= 0.3 is 0 Å². The molecule has 0 atom stereocenters. The van der Waals surface area contributed by atoms with Gasteiger partial charge in [0, 0.05) is 13.1 Å². The third-order valence-corrected chi connectivity index (χ3v) is 1.76. The van der Waals surface area contributed by atoms with E-state index in [2.05, 4.69) is 9.89 Å². The van der Waals surface area contributed by atoms with Gasteiger partial charge in [0.05, 0.1) is 19.8 Å². The highest BCUT2D eigenvalue weighted by Crippen LogP contribution is 1.95. The van der Waals surface area contributed by atoms with E-state index in [0.29, 0.717) is 12.4 Å². The molecule has 12 heavy (non-hydrogen) atoms. The van der Waals surface area contributed by atoms with E-state index in [-0.39, 0.29) is 6.73 Å². The van der Waals surface area contributed by atoms with Crippen molar-refractivity contribution in [1.82, 2.24) is 4.90 Å². The number of aliphatic imine (C=N–C) groups is 1. The van der Waals surface area contributed by atoms with E-state index < -0.39 is 0 Å². The minimum atomic E-state index is -0.226. The Morgan fingerprint density at radius 3 is 2.75 bits per heavy atom. The second-order valence-corrected chi connectivity index (χ2v) is 2.68. The van der Waals surface area contributed by atoms with E-state index in [1.807, 2.05) is 0 Å². The lowest BCUT2D eigenvalue weighted by Gasteiger charge is -2.25. The SMILES string of the molecule is NC(CN1CCOCC1)=NCO. The van der Waals surface area contributed by atoms with Gasteiger partial charge in [-0.2, -0.15) is 0 Å². The first kappa shape index (κ1) is 9.44. The van der Waals surface area contributed by atoms with Gasteiger partial charge in [0.1, 0.15) is 12.6 Å². The first-order valence-electron chi connectivity index (χ1n) is 4.02. The van der Waals surface area contributed by atoms with Crippen molar-refractivity contribution in [3.63, 3.8) is 0 Å². The molecular weight excluding hydrogens is 158 g/mol. The predicted octanol–water partition coefficient (Wildman–Crippen LogP) is -1.37. The number of ether oxygens (including phenoxy) is 1. The van der Waals surface area contributed by atoms with Crippen molar-refractivity contribution in [2.45, 2.75) is 0 Å². The van der Waals surface area contributed by atoms with Gasteiger partial charge in [0.25, 0.3) is 0 Å². The van der Waals surface area contributed by atoms with Gasteiger partial charge in [0.2, 0.25) is 0 Å². The van der Waals surface area contributed by atoms with Crippen LogP contribution in [0.1, 0.15) is 0 Å². The van der Waals surface area contributed by atoms with Crippen molar-refractivity contribution in [3.8, 4) is 0 Å². The quantitative estimate of drug-likeness (QED) is 0.408.